The highest BCUT2D eigenvalue weighted by Gasteiger charge is 2.33. The summed E-state index contributed by atoms with van der Waals surface area (Å²) in [6, 6.07) is 0. The number of carbonyl (C=O) groups excluding carboxylic acids is 2. The van der Waals surface area contributed by atoms with Gasteiger partial charge in [-0.15, -0.1) is 0 Å². The Hall–Kier alpha value is -1.06. The summed E-state index contributed by atoms with van der Waals surface area (Å²) < 4.78 is 11.1. The number of unbranched alkanes of at least 4 members (excludes halogenated alkanes) is 7. The van der Waals surface area contributed by atoms with Crippen LogP contribution in [0.15, 0.2) is 0 Å². The quantitative estimate of drug-likeness (QED) is 0.206. The lowest BCUT2D eigenvalue weighted by Crippen LogP contribution is -2.30. The second kappa shape index (κ2) is 16.7. The second-order valence-electron chi connectivity index (χ2n) is 8.90. The van der Waals surface area contributed by atoms with Gasteiger partial charge in [0.25, 0.3) is 0 Å². The summed E-state index contributed by atoms with van der Waals surface area (Å²) in [5.74, 6) is -0.0194. The Bertz CT molecular complexity index is 435. The lowest BCUT2D eigenvalue weighted by atomic mass is 9.81. The second-order valence-corrected chi connectivity index (χ2v) is 8.90. The van der Waals surface area contributed by atoms with Gasteiger partial charge in [0.15, 0.2) is 0 Å². The maximum atomic E-state index is 12.5. The van der Waals surface area contributed by atoms with Gasteiger partial charge in [0.2, 0.25) is 0 Å². The minimum Gasteiger partial charge on any atom is -0.465 e. The fourth-order valence-electron chi connectivity index (χ4n) is 4.18. The number of carbonyl (C=O) groups is 2. The van der Waals surface area contributed by atoms with E-state index in [1.54, 1.807) is 0 Å². The van der Waals surface area contributed by atoms with E-state index in [9.17, 15) is 9.59 Å². The molecule has 0 heterocycles. The Morgan fingerprint density at radius 2 is 1.38 bits per heavy atom. The zero-order valence-corrected chi connectivity index (χ0v) is 19.4. The zero-order valence-electron chi connectivity index (χ0n) is 19.4. The average Bonchev–Trinajstić information content (AvgIpc) is 2.75. The summed E-state index contributed by atoms with van der Waals surface area (Å²) in [5.41, 5.74) is 0. The van der Waals surface area contributed by atoms with Crippen LogP contribution >= 0.6 is 0 Å². The molecule has 4 nitrogen and oxygen atoms in total. The number of esters is 2. The lowest BCUT2D eigenvalue weighted by molar-refractivity contribution is -0.156. The third-order valence-corrected chi connectivity index (χ3v) is 6.34. The molecule has 0 saturated heterocycles. The molecule has 0 N–H and O–H groups in total. The van der Waals surface area contributed by atoms with E-state index < -0.39 is 0 Å². The summed E-state index contributed by atoms with van der Waals surface area (Å²) in [7, 11) is 0. The molecule has 29 heavy (non-hydrogen) atoms. The van der Waals surface area contributed by atoms with Crippen LogP contribution in [-0.4, -0.2) is 25.2 Å². The van der Waals surface area contributed by atoms with Crippen LogP contribution in [0.2, 0.25) is 0 Å². The molecule has 0 amide bonds. The maximum Gasteiger partial charge on any atom is 0.308 e. The first kappa shape index (κ1) is 26.0. The summed E-state index contributed by atoms with van der Waals surface area (Å²) in [4.78, 5) is 24.9. The largest absolute Gasteiger partial charge is 0.465 e. The molecule has 170 valence electrons. The van der Waals surface area contributed by atoms with E-state index in [1.165, 1.54) is 44.9 Å². The maximum absolute atomic E-state index is 12.5. The molecule has 0 bridgehead atoms. The normalized spacial score (nSPS) is 20.2. The van der Waals surface area contributed by atoms with Crippen molar-refractivity contribution in [2.75, 3.05) is 13.2 Å². The molecule has 1 saturated carbocycles. The molecule has 3 unspecified atom stereocenters. The van der Waals surface area contributed by atoms with Crippen molar-refractivity contribution in [2.45, 2.75) is 117 Å². The Labute approximate surface area is 179 Å². The first-order valence-corrected chi connectivity index (χ1v) is 12.5. The van der Waals surface area contributed by atoms with Crippen LogP contribution in [0.5, 0.6) is 0 Å². The standard InChI is InChI=1S/C25H46O4/c1-4-7-9-10-11-12-13-18-28-24(26)22-16-14-17-23(19-22)25(27)29-20-21(6-3)15-8-5-2/h21-23H,4-20H2,1-3H3. The molecule has 4 heteroatoms. The van der Waals surface area contributed by atoms with Crippen LogP contribution in [0.3, 0.4) is 0 Å². The van der Waals surface area contributed by atoms with Crippen molar-refractivity contribution >= 4 is 11.9 Å². The monoisotopic (exact) mass is 410 g/mol. The predicted molar refractivity (Wildman–Crippen MR) is 119 cm³/mol. The molecular formula is C25H46O4. The number of ether oxygens (including phenoxy) is 2. The minimum atomic E-state index is -0.136. The van der Waals surface area contributed by atoms with Gasteiger partial charge in [-0.3, -0.25) is 9.59 Å². The van der Waals surface area contributed by atoms with Crippen molar-refractivity contribution in [2.24, 2.45) is 17.8 Å². The molecule has 1 rings (SSSR count). The molecular weight excluding hydrogens is 364 g/mol. The lowest BCUT2D eigenvalue weighted by Gasteiger charge is -2.27. The molecule has 0 spiro atoms. The number of rotatable bonds is 16. The van der Waals surface area contributed by atoms with Crippen molar-refractivity contribution in [1.82, 2.24) is 0 Å². The van der Waals surface area contributed by atoms with Gasteiger partial charge in [0.05, 0.1) is 25.0 Å². The van der Waals surface area contributed by atoms with Crippen LogP contribution in [-0.2, 0) is 19.1 Å². The fraction of sp³-hybridized carbons (Fsp3) is 0.920. The van der Waals surface area contributed by atoms with Crippen LogP contribution in [0.4, 0.5) is 0 Å². The smallest absolute Gasteiger partial charge is 0.308 e. The van der Waals surface area contributed by atoms with Gasteiger partial charge in [0.1, 0.15) is 0 Å². The van der Waals surface area contributed by atoms with Gasteiger partial charge < -0.3 is 9.47 Å². The summed E-state index contributed by atoms with van der Waals surface area (Å²) in [5, 5.41) is 0. The number of hydrogen-bond acceptors (Lipinski definition) is 4. The molecule has 0 aromatic heterocycles. The molecule has 0 aromatic carbocycles. The summed E-state index contributed by atoms with van der Waals surface area (Å²) >= 11 is 0. The van der Waals surface area contributed by atoms with Gasteiger partial charge >= 0.3 is 11.9 Å². The molecule has 1 aliphatic rings. The minimum absolute atomic E-state index is 0.107. The van der Waals surface area contributed by atoms with Gasteiger partial charge in [-0.25, -0.2) is 0 Å². The Kier molecular flexibility index (Phi) is 15.0. The van der Waals surface area contributed by atoms with Crippen molar-refractivity contribution < 1.29 is 19.1 Å². The molecule has 0 aliphatic heterocycles. The first-order valence-electron chi connectivity index (χ1n) is 12.5. The number of hydrogen-bond donors (Lipinski definition) is 0. The third-order valence-electron chi connectivity index (χ3n) is 6.34. The summed E-state index contributed by atoms with van der Waals surface area (Å²) in [6.07, 6.45) is 16.2. The predicted octanol–water partition coefficient (Wildman–Crippen LogP) is 6.85. The van der Waals surface area contributed by atoms with Crippen LogP contribution < -0.4 is 0 Å². The summed E-state index contributed by atoms with van der Waals surface area (Å²) in [6.45, 7) is 7.62. The first-order chi connectivity index (χ1) is 14.1. The van der Waals surface area contributed by atoms with Crippen LogP contribution in [0.25, 0.3) is 0 Å². The fourth-order valence-corrected chi connectivity index (χ4v) is 4.18. The van der Waals surface area contributed by atoms with Crippen LogP contribution in [0, 0.1) is 17.8 Å². The van der Waals surface area contributed by atoms with E-state index in [4.69, 9.17) is 9.47 Å². The highest BCUT2D eigenvalue weighted by molar-refractivity contribution is 5.76. The van der Waals surface area contributed by atoms with Crippen molar-refractivity contribution in [3.05, 3.63) is 0 Å². The van der Waals surface area contributed by atoms with Crippen LogP contribution in [0.1, 0.15) is 117 Å². The molecule has 1 aliphatic carbocycles. The Balaban J connectivity index is 2.23. The van der Waals surface area contributed by atoms with E-state index in [0.717, 1.165) is 44.9 Å². The van der Waals surface area contributed by atoms with E-state index in [2.05, 4.69) is 20.8 Å². The van der Waals surface area contributed by atoms with Gasteiger partial charge in [-0.1, -0.05) is 85.0 Å². The molecule has 3 atom stereocenters. The zero-order chi connectivity index (χ0) is 21.3. The molecule has 1 fully saturated rings. The third kappa shape index (κ3) is 11.6. The molecule has 0 aromatic rings. The average molecular weight is 411 g/mol. The van der Waals surface area contributed by atoms with Gasteiger partial charge in [-0.05, 0) is 38.0 Å². The highest BCUT2D eigenvalue weighted by atomic mass is 16.5. The highest BCUT2D eigenvalue weighted by Crippen LogP contribution is 2.31. The van der Waals surface area contributed by atoms with E-state index in [1.807, 2.05) is 0 Å². The SMILES string of the molecule is CCCCCCCCCOC(=O)C1CCCC(C(=O)OCC(CC)CCCC)C1. The Morgan fingerprint density at radius 1 is 0.793 bits per heavy atom. The van der Waals surface area contributed by atoms with Crippen molar-refractivity contribution in [1.29, 1.82) is 0 Å². The topological polar surface area (TPSA) is 52.6 Å². The van der Waals surface area contributed by atoms with E-state index in [0.29, 0.717) is 25.6 Å². The van der Waals surface area contributed by atoms with Gasteiger partial charge in [0, 0.05) is 0 Å². The van der Waals surface area contributed by atoms with Crippen molar-refractivity contribution in [3.63, 3.8) is 0 Å². The van der Waals surface area contributed by atoms with Crippen molar-refractivity contribution in [3.8, 4) is 0 Å². The van der Waals surface area contributed by atoms with E-state index in [-0.39, 0.29) is 23.8 Å². The van der Waals surface area contributed by atoms with Gasteiger partial charge in [-0.2, -0.15) is 0 Å². The van der Waals surface area contributed by atoms with E-state index >= 15 is 0 Å². The Morgan fingerprint density at radius 3 is 2.00 bits per heavy atom. The molecule has 0 radical (unpaired) electrons.